The van der Waals surface area contributed by atoms with Gasteiger partial charge in [-0.15, -0.1) is 0 Å². The molecule has 2 aromatic rings. The van der Waals surface area contributed by atoms with Crippen molar-refractivity contribution in [3.63, 3.8) is 0 Å². The minimum absolute atomic E-state index is 0.107. The van der Waals surface area contributed by atoms with Crippen molar-refractivity contribution in [1.29, 1.82) is 0 Å². The number of alkyl halides is 3. The number of carboxylic acid groups (broad SMARTS) is 1. The lowest BCUT2D eigenvalue weighted by molar-refractivity contribution is -0.192. The largest absolute Gasteiger partial charge is 0.497 e. The molecule has 0 heterocycles. The van der Waals surface area contributed by atoms with Gasteiger partial charge in [0.15, 0.2) is 0 Å². The van der Waals surface area contributed by atoms with Gasteiger partial charge in [0.25, 0.3) is 10.0 Å². The Morgan fingerprint density at radius 1 is 1.00 bits per heavy atom. The lowest BCUT2D eigenvalue weighted by Crippen LogP contribution is -2.40. The molecular formula is C24H27F3N2O6S. The van der Waals surface area contributed by atoms with Crippen molar-refractivity contribution < 1.29 is 41.0 Å². The molecule has 0 spiro atoms. The predicted molar refractivity (Wildman–Crippen MR) is 125 cm³/mol. The van der Waals surface area contributed by atoms with Crippen LogP contribution < -0.4 is 14.8 Å². The van der Waals surface area contributed by atoms with Gasteiger partial charge < -0.3 is 15.2 Å². The lowest BCUT2D eigenvalue weighted by Gasteiger charge is -2.20. The number of nitrogens with one attached hydrogen (secondary N) is 2. The number of rotatable bonds is 7. The third-order valence-electron chi connectivity index (χ3n) is 6.18. The summed E-state index contributed by atoms with van der Waals surface area (Å²) in [5.74, 6) is -2.05. The number of benzene rings is 2. The van der Waals surface area contributed by atoms with Crippen molar-refractivity contribution in [2.45, 2.75) is 61.1 Å². The number of sulfonamides is 1. The maximum atomic E-state index is 12.8. The highest BCUT2D eigenvalue weighted by atomic mass is 32.2. The first kappa shape index (κ1) is 27.3. The van der Waals surface area contributed by atoms with E-state index in [0.717, 1.165) is 31.2 Å². The van der Waals surface area contributed by atoms with Crippen molar-refractivity contribution in [2.24, 2.45) is 0 Å². The second-order valence-electron chi connectivity index (χ2n) is 8.70. The maximum absolute atomic E-state index is 12.8. The molecule has 1 amide bonds. The average molecular weight is 529 g/mol. The fraction of sp³-hybridized carbons (Fsp3) is 0.417. The summed E-state index contributed by atoms with van der Waals surface area (Å²) in [7, 11) is -2.16. The van der Waals surface area contributed by atoms with E-state index in [1.54, 1.807) is 24.3 Å². The highest BCUT2D eigenvalue weighted by Crippen LogP contribution is 2.49. The van der Waals surface area contributed by atoms with Crippen LogP contribution in [0.5, 0.6) is 5.75 Å². The fourth-order valence-electron chi connectivity index (χ4n) is 3.99. The number of hydrogen-bond donors (Lipinski definition) is 3. The maximum Gasteiger partial charge on any atom is 0.490 e. The third kappa shape index (κ3) is 6.68. The van der Waals surface area contributed by atoms with Crippen LogP contribution in [0.2, 0.25) is 0 Å². The summed E-state index contributed by atoms with van der Waals surface area (Å²) in [6, 6.07) is 13.7. The summed E-state index contributed by atoms with van der Waals surface area (Å²) in [5, 5.41) is 10.3. The zero-order chi connectivity index (χ0) is 26.6. The molecular weight excluding hydrogens is 501 g/mol. The molecule has 2 aliphatic rings. The minimum atomic E-state index is -5.08. The second-order valence-corrected chi connectivity index (χ2v) is 10.4. The number of hydrogen-bond acceptors (Lipinski definition) is 5. The predicted octanol–water partition coefficient (Wildman–Crippen LogP) is 4.22. The normalized spacial score (nSPS) is 16.9. The molecule has 3 N–H and O–H groups in total. The van der Waals surface area contributed by atoms with E-state index in [1.165, 1.54) is 32.1 Å². The number of ether oxygens (including phenoxy) is 1. The fourth-order valence-corrected chi connectivity index (χ4v) is 5.05. The first-order valence-electron chi connectivity index (χ1n) is 11.3. The van der Waals surface area contributed by atoms with Gasteiger partial charge in [-0.3, -0.25) is 9.52 Å². The summed E-state index contributed by atoms with van der Waals surface area (Å²) in [6.45, 7) is 0. The molecule has 4 rings (SSSR count). The quantitative estimate of drug-likeness (QED) is 0.495. The Balaban J connectivity index is 0.000000454. The van der Waals surface area contributed by atoms with E-state index in [1.807, 2.05) is 12.1 Å². The van der Waals surface area contributed by atoms with E-state index < -0.39 is 27.6 Å². The second kappa shape index (κ2) is 10.8. The smallest absolute Gasteiger partial charge is 0.490 e. The number of amides is 1. The zero-order valence-electron chi connectivity index (χ0n) is 19.5. The van der Waals surface area contributed by atoms with Gasteiger partial charge in [-0.25, -0.2) is 13.2 Å². The van der Waals surface area contributed by atoms with E-state index in [-0.39, 0.29) is 10.8 Å². The standard InChI is InChI=1S/C22H26N2O4S.C2HF3O2/c1-28-19-10-12-20(13-11-19)29(26,27)24-18-8-6-16(7-9-18)22(14-15-22)21(25)23-17-4-2-3-5-17;3-2(4,5)1(6)7/h6-13,17,24H,2-5,14-15H2,1H3,(H,23,25);(H,6,7). The van der Waals surface area contributed by atoms with Gasteiger partial charge in [-0.2, -0.15) is 13.2 Å². The summed E-state index contributed by atoms with van der Waals surface area (Å²) in [4.78, 5) is 21.9. The van der Waals surface area contributed by atoms with Gasteiger partial charge in [0.1, 0.15) is 5.75 Å². The summed E-state index contributed by atoms with van der Waals surface area (Å²) in [6.07, 6.45) is 1.08. The first-order chi connectivity index (χ1) is 16.9. The molecule has 2 saturated carbocycles. The van der Waals surface area contributed by atoms with Crippen LogP contribution in [0.1, 0.15) is 44.1 Å². The van der Waals surface area contributed by atoms with Crippen LogP contribution in [0.3, 0.4) is 0 Å². The molecule has 2 aromatic carbocycles. The molecule has 8 nitrogen and oxygen atoms in total. The number of halogens is 3. The van der Waals surface area contributed by atoms with Crippen LogP contribution in [0.25, 0.3) is 0 Å². The van der Waals surface area contributed by atoms with E-state index >= 15 is 0 Å². The molecule has 12 heteroatoms. The molecule has 0 aliphatic heterocycles. The average Bonchev–Trinajstić information content (AvgIpc) is 3.49. The number of carbonyl (C=O) groups is 2. The molecule has 196 valence electrons. The van der Waals surface area contributed by atoms with Crippen LogP contribution in [0.4, 0.5) is 18.9 Å². The summed E-state index contributed by atoms with van der Waals surface area (Å²) in [5.41, 5.74) is 0.965. The van der Waals surface area contributed by atoms with Gasteiger partial charge in [-0.05, 0) is 67.6 Å². The van der Waals surface area contributed by atoms with Crippen molar-refractivity contribution in [1.82, 2.24) is 5.32 Å². The third-order valence-corrected chi connectivity index (χ3v) is 7.57. The van der Waals surface area contributed by atoms with Crippen molar-refractivity contribution in [3.05, 3.63) is 54.1 Å². The number of carbonyl (C=O) groups excluding carboxylic acids is 1. The van der Waals surface area contributed by atoms with Crippen LogP contribution in [0, 0.1) is 0 Å². The minimum Gasteiger partial charge on any atom is -0.497 e. The van der Waals surface area contributed by atoms with E-state index in [2.05, 4.69) is 10.0 Å². The number of methoxy groups -OCH3 is 1. The Morgan fingerprint density at radius 3 is 1.97 bits per heavy atom. The number of anilines is 1. The van der Waals surface area contributed by atoms with Crippen molar-refractivity contribution in [3.8, 4) is 5.75 Å². The van der Waals surface area contributed by atoms with Crippen molar-refractivity contribution in [2.75, 3.05) is 11.8 Å². The zero-order valence-corrected chi connectivity index (χ0v) is 20.3. The highest BCUT2D eigenvalue weighted by Gasteiger charge is 2.51. The molecule has 36 heavy (non-hydrogen) atoms. The Morgan fingerprint density at radius 2 is 1.53 bits per heavy atom. The number of carboxylic acids is 1. The highest BCUT2D eigenvalue weighted by molar-refractivity contribution is 7.92. The Labute approximate surface area is 206 Å². The molecule has 2 aliphatic carbocycles. The van der Waals surface area contributed by atoms with Crippen molar-refractivity contribution >= 4 is 27.6 Å². The van der Waals surface area contributed by atoms with E-state index in [9.17, 15) is 26.4 Å². The van der Waals surface area contributed by atoms with Crippen LogP contribution >= 0.6 is 0 Å². The summed E-state index contributed by atoms with van der Waals surface area (Å²) < 4.78 is 64.6. The van der Waals surface area contributed by atoms with E-state index in [4.69, 9.17) is 14.6 Å². The number of aliphatic carboxylic acids is 1. The van der Waals surface area contributed by atoms with Gasteiger partial charge in [-0.1, -0.05) is 25.0 Å². The van der Waals surface area contributed by atoms with Crippen LogP contribution in [-0.2, 0) is 25.0 Å². The van der Waals surface area contributed by atoms with Gasteiger partial charge in [0, 0.05) is 11.7 Å². The van der Waals surface area contributed by atoms with Crippen LogP contribution in [0.15, 0.2) is 53.4 Å². The molecule has 0 saturated heterocycles. The summed E-state index contributed by atoms with van der Waals surface area (Å²) >= 11 is 0. The molecule has 0 aromatic heterocycles. The monoisotopic (exact) mass is 528 g/mol. The SMILES string of the molecule is COc1ccc(S(=O)(=O)Nc2ccc(C3(C(=O)NC4CCCC4)CC3)cc2)cc1.O=C(O)C(F)(F)F. The Hall–Kier alpha value is -3.28. The molecule has 2 fully saturated rings. The van der Waals surface area contributed by atoms with E-state index in [0.29, 0.717) is 17.5 Å². The Bertz CT molecular complexity index is 1170. The van der Waals surface area contributed by atoms with Crippen LogP contribution in [-0.4, -0.2) is 44.7 Å². The molecule has 0 unspecified atom stereocenters. The lowest BCUT2D eigenvalue weighted by atomic mass is 9.94. The van der Waals surface area contributed by atoms with Gasteiger partial charge in [0.05, 0.1) is 17.4 Å². The van der Waals surface area contributed by atoms with Gasteiger partial charge >= 0.3 is 12.1 Å². The molecule has 0 radical (unpaired) electrons. The first-order valence-corrected chi connectivity index (χ1v) is 12.7. The van der Waals surface area contributed by atoms with Gasteiger partial charge in [0.2, 0.25) is 5.91 Å². The molecule has 0 bridgehead atoms. The molecule has 0 atom stereocenters. The topological polar surface area (TPSA) is 122 Å². The Kier molecular flexibility index (Phi) is 8.17.